The zero-order valence-electron chi connectivity index (χ0n) is 38.4. The van der Waals surface area contributed by atoms with E-state index in [0.29, 0.717) is 16.8 Å². The second-order valence-electron chi connectivity index (χ2n) is 17.8. The molecule has 64 heavy (non-hydrogen) atoms. The minimum Gasteiger partial charge on any atom is -0.480 e. The zero-order valence-corrected chi connectivity index (χ0v) is 44.8. The number of rotatable bonds is 9. The highest BCUT2D eigenvalue weighted by molar-refractivity contribution is 14.1. The van der Waals surface area contributed by atoms with Crippen LogP contribution in [0.4, 0.5) is 30.2 Å². The highest BCUT2D eigenvalue weighted by atomic mass is 127. The first kappa shape index (κ1) is 62.1. The maximum absolute atomic E-state index is 13.9. The number of hydrogen-bond acceptors (Lipinski definition) is 8. The van der Waals surface area contributed by atoms with Crippen LogP contribution in [0.25, 0.3) is 0 Å². The Morgan fingerprint density at radius 1 is 0.672 bits per heavy atom. The summed E-state index contributed by atoms with van der Waals surface area (Å²) in [4.78, 5) is 33.7. The fraction of sp³-hybridized carbons (Fsp3) is 0.413. The normalized spacial score (nSPS) is 11.0. The van der Waals surface area contributed by atoms with Gasteiger partial charge in [-0.05, 0) is 113 Å². The maximum Gasteiger partial charge on any atom is 0.323 e. The van der Waals surface area contributed by atoms with Crippen molar-refractivity contribution in [1.29, 1.82) is 0 Å². The van der Waals surface area contributed by atoms with Gasteiger partial charge in [0.15, 0.2) is 11.6 Å². The number of carbonyl (C=O) groups excluding carboxylic acids is 2. The van der Waals surface area contributed by atoms with Gasteiger partial charge in [0.05, 0.1) is 44.4 Å². The van der Waals surface area contributed by atoms with E-state index in [1.807, 2.05) is 22.6 Å². The molecule has 0 aliphatic heterocycles. The number of ether oxygens (including phenoxy) is 2. The third kappa shape index (κ3) is 24.3. The smallest absolute Gasteiger partial charge is 0.323 e. The molecule has 0 fully saturated rings. The number of halogens is 7. The van der Waals surface area contributed by atoms with E-state index in [1.54, 1.807) is 45.9 Å². The minimum atomic E-state index is -1.26. The van der Waals surface area contributed by atoms with Crippen LogP contribution in [0, 0.1) is 73.8 Å². The van der Waals surface area contributed by atoms with E-state index >= 15 is 0 Å². The number of aliphatic carboxylic acids is 1. The second-order valence-corrected chi connectivity index (χ2v) is 31.4. The predicted molar refractivity (Wildman–Crippen MR) is 272 cm³/mol. The summed E-state index contributed by atoms with van der Waals surface area (Å²) in [6.45, 7) is 23.9. The molecule has 3 rings (SSSR count). The molecule has 0 bridgehead atoms. The van der Waals surface area contributed by atoms with Gasteiger partial charge >= 0.3 is 17.9 Å². The maximum atomic E-state index is 13.9. The number of carboxylic acid groups (broad SMARTS) is 1. The number of carbonyl (C=O) groups is 3. The van der Waals surface area contributed by atoms with Gasteiger partial charge in [0.1, 0.15) is 32.1 Å². The quantitative estimate of drug-likeness (QED) is 0.0407. The topological polar surface area (TPSA) is 168 Å². The summed E-state index contributed by atoms with van der Waals surface area (Å²) in [6.07, 6.45) is 10.1. The summed E-state index contributed by atoms with van der Waals surface area (Å²) in [5.41, 5.74) is 14.1. The molecule has 0 spiro atoms. The van der Waals surface area contributed by atoms with Crippen molar-refractivity contribution in [3.05, 3.63) is 84.1 Å². The lowest BCUT2D eigenvalue weighted by molar-refractivity contribution is -0.151. The molecule has 3 aromatic carbocycles. The van der Waals surface area contributed by atoms with E-state index in [4.69, 9.17) is 79.4 Å². The van der Waals surface area contributed by atoms with Gasteiger partial charge in [-0.1, -0.05) is 104 Å². The lowest BCUT2D eigenvalue weighted by Gasteiger charge is -2.19. The number of benzene rings is 3. The number of hydrogen-bond donors (Lipinski definition) is 4. The molecule has 0 unspecified atom stereocenters. The van der Waals surface area contributed by atoms with Crippen molar-refractivity contribution < 1.29 is 42.1 Å². The molecule has 3 aromatic rings. The predicted octanol–water partition coefficient (Wildman–Crippen LogP) is 12.3. The Morgan fingerprint density at radius 3 is 1.44 bits per heavy atom. The molecule has 0 radical (unpaired) electrons. The molecule has 0 atom stereocenters. The molecule has 0 saturated carbocycles. The Bertz CT molecular complexity index is 2180. The molecule has 18 heteroatoms. The third-order valence-electron chi connectivity index (χ3n) is 8.12. The van der Waals surface area contributed by atoms with Gasteiger partial charge in [0.25, 0.3) is 0 Å². The van der Waals surface area contributed by atoms with Crippen molar-refractivity contribution >= 4 is 109 Å². The Hall–Kier alpha value is -4.03. The monoisotopic (exact) mass is 1100 g/mol. The average molecular weight is 1100 g/mol. The molecule has 9 nitrogen and oxygen atoms in total. The van der Waals surface area contributed by atoms with Crippen molar-refractivity contribution in [2.45, 2.75) is 92.9 Å². The number of terminal acetylenes is 2. The first-order valence-electron chi connectivity index (χ1n) is 19.4. The summed E-state index contributed by atoms with van der Waals surface area (Å²) in [6, 6.07) is 12.3. The molecular formula is C46H60Cl3F3IN3O6Si2. The Kier molecular flexibility index (Phi) is 26.6. The Balaban J connectivity index is 0. The van der Waals surface area contributed by atoms with Crippen LogP contribution in [-0.2, 0) is 23.9 Å². The zero-order chi connectivity index (χ0) is 50.6. The SMILES string of the molecule is C#CC(C)(C)C(=O)O.C#CC(C)(C)C(=O)OCC[Si](C)(C)C.CC(C)(C#Cc1ccc(N)c(Cl)c1F)C(=O)OCC[Si](C)(C)C.Nc1ccc(I)c(F)c1Cl.Nc1cccc(F)c1Cl. The molecule has 0 aromatic heterocycles. The van der Waals surface area contributed by atoms with Crippen LogP contribution in [0.1, 0.15) is 47.1 Å². The van der Waals surface area contributed by atoms with Gasteiger partial charge < -0.3 is 31.8 Å². The van der Waals surface area contributed by atoms with Gasteiger partial charge in [0, 0.05) is 16.1 Å². The fourth-order valence-electron chi connectivity index (χ4n) is 3.38. The highest BCUT2D eigenvalue weighted by Gasteiger charge is 2.29. The molecule has 0 aliphatic rings. The number of esters is 2. The van der Waals surface area contributed by atoms with E-state index in [0.717, 1.165) is 12.1 Å². The first-order valence-corrected chi connectivity index (χ1v) is 29.0. The van der Waals surface area contributed by atoms with Crippen LogP contribution in [-0.4, -0.2) is 52.4 Å². The van der Waals surface area contributed by atoms with Crippen molar-refractivity contribution in [3.8, 4) is 36.5 Å². The number of nitrogen functional groups attached to an aromatic ring is 3. The molecule has 352 valence electrons. The number of carboxylic acids is 1. The van der Waals surface area contributed by atoms with Crippen LogP contribution in [0.5, 0.6) is 0 Å². The lowest BCUT2D eigenvalue weighted by atomic mass is 9.94. The standard InChI is InChI=1S/C17H23ClFNO2Si.C11H20O2Si.C6H4ClFIN.C6H5ClFN.C6H8O2/c1-17(2,16(21)22-10-11-23(3,4)5)9-8-12-6-7-13(20)14(18)15(12)19;1-7-11(2,3)10(12)13-8-9-14(4,5)6;7-5-4(10)2-1-3(9)6(5)8;7-6-4(8)2-1-3-5(6)9;1-4-6(2,3)5(7)8/h6-7H,10-11,20H2,1-5H3;1H,8-9H2,2-6H3;1-2H,10H2;1-3H,9H2;1H,2-3H3,(H,7,8). The van der Waals surface area contributed by atoms with E-state index in [9.17, 15) is 27.6 Å². The number of nitrogens with two attached hydrogens (primary N) is 3. The molecule has 0 amide bonds. The minimum absolute atomic E-state index is 0.00231. The van der Waals surface area contributed by atoms with E-state index < -0.39 is 61.8 Å². The van der Waals surface area contributed by atoms with Crippen molar-refractivity contribution in [2.24, 2.45) is 16.2 Å². The van der Waals surface area contributed by atoms with Crippen LogP contribution in [0.3, 0.4) is 0 Å². The average Bonchev–Trinajstić information content (AvgIpc) is 3.19. The fourth-order valence-corrected chi connectivity index (χ4v) is 5.87. The van der Waals surface area contributed by atoms with Gasteiger partial charge in [-0.3, -0.25) is 14.4 Å². The molecule has 7 N–H and O–H groups in total. The van der Waals surface area contributed by atoms with Gasteiger partial charge in [0.2, 0.25) is 0 Å². The first-order chi connectivity index (χ1) is 29.0. The Morgan fingerprint density at radius 2 is 1.08 bits per heavy atom. The molecule has 0 aliphatic carbocycles. The molecular weight excluding hydrogens is 1040 g/mol. The van der Waals surface area contributed by atoms with Crippen molar-refractivity contribution in [2.75, 3.05) is 30.4 Å². The largest absolute Gasteiger partial charge is 0.480 e. The van der Waals surface area contributed by atoms with Crippen LogP contribution in [0.2, 0.25) is 66.4 Å². The highest BCUT2D eigenvalue weighted by Crippen LogP contribution is 2.27. The molecule has 0 saturated heterocycles. The summed E-state index contributed by atoms with van der Waals surface area (Å²) < 4.78 is 50.0. The van der Waals surface area contributed by atoms with Crippen LogP contribution in [0.15, 0.2) is 42.5 Å². The van der Waals surface area contributed by atoms with Gasteiger partial charge in [-0.25, -0.2) is 13.2 Å². The third-order valence-corrected chi connectivity index (χ3v) is 13.5. The van der Waals surface area contributed by atoms with Crippen LogP contribution >= 0.6 is 57.4 Å². The van der Waals surface area contributed by atoms with E-state index in [-0.39, 0.29) is 43.7 Å². The second kappa shape index (κ2) is 27.5. The summed E-state index contributed by atoms with van der Waals surface area (Å²) in [5.74, 6) is 6.72. The molecule has 0 heterocycles. The van der Waals surface area contributed by atoms with Gasteiger partial charge in [-0.2, -0.15) is 0 Å². The summed E-state index contributed by atoms with van der Waals surface area (Å²) in [7, 11) is -2.39. The van der Waals surface area contributed by atoms with Gasteiger partial charge in [-0.15, -0.1) is 12.8 Å². The van der Waals surface area contributed by atoms with Crippen molar-refractivity contribution in [3.63, 3.8) is 0 Å². The number of anilines is 3. The van der Waals surface area contributed by atoms with Crippen molar-refractivity contribution in [1.82, 2.24) is 0 Å². The summed E-state index contributed by atoms with van der Waals surface area (Å²) >= 11 is 18.5. The van der Waals surface area contributed by atoms with E-state index in [2.05, 4.69) is 63.0 Å². The Labute approximate surface area is 408 Å². The van der Waals surface area contributed by atoms with Crippen LogP contribution < -0.4 is 17.2 Å². The summed E-state index contributed by atoms with van der Waals surface area (Å²) in [5, 5.41) is 8.14. The van der Waals surface area contributed by atoms with E-state index in [1.165, 1.54) is 38.1 Å². The lowest BCUT2D eigenvalue weighted by Crippen LogP contribution is -2.28.